The molecule has 0 aliphatic carbocycles. The predicted molar refractivity (Wildman–Crippen MR) is 499 cm³/mol. The summed E-state index contributed by atoms with van der Waals surface area (Å²) in [4.78, 5) is 4.74. The molecule has 23 rings (SSSR count). The van der Waals surface area contributed by atoms with Crippen molar-refractivity contribution in [2.45, 2.75) is 0 Å². The van der Waals surface area contributed by atoms with Crippen molar-refractivity contribution in [1.82, 2.24) is 9.13 Å². The molecule has 0 N–H and O–H groups in total. The van der Waals surface area contributed by atoms with Crippen molar-refractivity contribution in [3.05, 3.63) is 437 Å². The number of nitrogens with zero attached hydrogens (tertiary/aromatic N) is 4. The van der Waals surface area contributed by atoms with Gasteiger partial charge in [-0.25, -0.2) is 0 Å². The number of thiophene rings is 2. The van der Waals surface area contributed by atoms with Gasteiger partial charge in [-0.2, -0.15) is 0 Å². The van der Waals surface area contributed by atoms with Crippen LogP contribution in [0.5, 0.6) is 0 Å². The fourth-order valence-corrected chi connectivity index (χ4v) is 19.9. The number of hydrogen-bond acceptors (Lipinski definition) is 4. The Labute approximate surface area is 680 Å². The molecule has 0 atom stereocenters. The van der Waals surface area contributed by atoms with Crippen LogP contribution in [0.3, 0.4) is 0 Å². The Bertz CT molecular complexity index is 7610. The third-order valence-electron chi connectivity index (χ3n) is 23.1. The Kier molecular flexibility index (Phi) is 16.9. The second-order valence-electron chi connectivity index (χ2n) is 29.9. The van der Waals surface area contributed by atoms with Gasteiger partial charge in [0.15, 0.2) is 0 Å². The van der Waals surface area contributed by atoms with E-state index in [0.717, 1.165) is 39.8 Å². The Morgan fingerprint density at radius 2 is 0.560 bits per heavy atom. The highest BCUT2D eigenvalue weighted by molar-refractivity contribution is 7.26. The summed E-state index contributed by atoms with van der Waals surface area (Å²) >= 11 is 3.73. The zero-order valence-electron chi connectivity index (χ0n) is 63.2. The van der Waals surface area contributed by atoms with E-state index >= 15 is 0 Å². The molecule has 0 spiro atoms. The maximum atomic E-state index is 2.46. The highest BCUT2D eigenvalue weighted by atomic mass is 32.1. The fourth-order valence-electron chi connectivity index (χ4n) is 17.6. The van der Waals surface area contributed by atoms with Crippen LogP contribution in [0.15, 0.2) is 437 Å². The number of para-hydroxylation sites is 2. The van der Waals surface area contributed by atoms with Crippen molar-refractivity contribution in [3.8, 4) is 67.0 Å². The predicted octanol–water partition coefficient (Wildman–Crippen LogP) is 31.9. The first-order chi connectivity index (χ1) is 57.5. The Morgan fingerprint density at radius 1 is 0.172 bits per heavy atom. The Hall–Kier alpha value is -14.7. The topological polar surface area (TPSA) is 16.3 Å². The largest absolute Gasteiger partial charge is 0.311 e. The third kappa shape index (κ3) is 12.1. The molecule has 0 saturated heterocycles. The summed E-state index contributed by atoms with van der Waals surface area (Å²) in [6.45, 7) is 0. The lowest BCUT2D eigenvalue weighted by Gasteiger charge is -2.27. The van der Waals surface area contributed by atoms with E-state index in [4.69, 9.17) is 0 Å². The molecule has 0 saturated carbocycles. The van der Waals surface area contributed by atoms with Crippen molar-refractivity contribution in [3.63, 3.8) is 0 Å². The molecule has 0 bridgehead atoms. The molecule has 0 radical (unpaired) electrons. The lowest BCUT2D eigenvalue weighted by molar-refractivity contribution is 1.18. The first-order valence-corrected chi connectivity index (χ1v) is 41.2. The van der Waals surface area contributed by atoms with Crippen LogP contribution in [-0.2, 0) is 0 Å². The molecular weight excluding hydrogens is 1440 g/mol. The number of benzene rings is 19. The number of aromatic nitrogens is 2. The van der Waals surface area contributed by atoms with Crippen molar-refractivity contribution < 1.29 is 0 Å². The number of rotatable bonds is 13. The fraction of sp³-hybridized carbons (Fsp3) is 0. The van der Waals surface area contributed by atoms with Crippen molar-refractivity contribution in [2.24, 2.45) is 0 Å². The molecule has 0 aliphatic rings. The molecule has 19 aromatic carbocycles. The van der Waals surface area contributed by atoms with E-state index in [9.17, 15) is 0 Å². The van der Waals surface area contributed by atoms with Gasteiger partial charge < -0.3 is 18.9 Å². The summed E-state index contributed by atoms with van der Waals surface area (Å²) in [6.07, 6.45) is 0. The molecule has 6 heteroatoms. The third-order valence-corrected chi connectivity index (χ3v) is 25.4. The van der Waals surface area contributed by atoms with Gasteiger partial charge in [-0.15, -0.1) is 22.7 Å². The van der Waals surface area contributed by atoms with E-state index in [1.165, 1.54) is 167 Å². The van der Waals surface area contributed by atoms with Crippen molar-refractivity contribution >= 4 is 162 Å². The second-order valence-corrected chi connectivity index (χ2v) is 32.1. The summed E-state index contributed by atoms with van der Waals surface area (Å²) in [5.74, 6) is 0. The number of anilines is 6. The number of fused-ring (bicyclic) bond motifs is 15. The summed E-state index contributed by atoms with van der Waals surface area (Å²) in [7, 11) is 0. The lowest BCUT2D eigenvalue weighted by atomic mass is 9.98. The van der Waals surface area contributed by atoms with E-state index in [1.807, 2.05) is 22.7 Å². The van der Waals surface area contributed by atoms with Crippen molar-refractivity contribution in [1.29, 1.82) is 0 Å². The Balaban J connectivity index is 0.000000141. The highest BCUT2D eigenvalue weighted by Crippen LogP contribution is 2.47. The molecule has 0 amide bonds. The van der Waals surface area contributed by atoms with E-state index < -0.39 is 0 Å². The van der Waals surface area contributed by atoms with Gasteiger partial charge in [-0.1, -0.05) is 291 Å². The molecule has 4 aromatic heterocycles. The summed E-state index contributed by atoms with van der Waals surface area (Å²) in [6, 6.07) is 159. The zero-order chi connectivity index (χ0) is 76.6. The van der Waals surface area contributed by atoms with Crippen LogP contribution in [-0.4, -0.2) is 9.13 Å². The molecule has 0 aliphatic heterocycles. The highest BCUT2D eigenvalue weighted by Gasteiger charge is 2.23. The maximum Gasteiger partial charge on any atom is 0.0547 e. The molecular formula is C110H72N4S2. The SMILES string of the molecule is c1ccc(-c2ccc(N(c3ccccc3)c3ccc(-c4ccc5c(c4)c4ccccc4n5-c4cc(-c5ccccc5)cc(-c5ccccc5)c4)cc3)cc2)cc1.c1ccc2c(N(c3ccc(-c4ccc5c(c4)c4c6ccccc6ccc4n5-c4ccc5c(c4)sc4ccccc45)cc3)c3ccc4c(c3)sc3ccccc34)cccc2c1. The van der Waals surface area contributed by atoms with Gasteiger partial charge in [-0.05, 0) is 217 Å². The average Bonchev–Trinajstić information content (AvgIpc) is 1.57. The Morgan fingerprint density at radius 3 is 1.16 bits per heavy atom. The standard InChI is InChI=1S/C56H34N2S2.C54H38N2/c1-3-13-42-36(10-1)12-9-17-49(42)57(40-26-28-46-44-15-5-7-18-52(44)59-54(46)33-40)39-24-20-35(21-25-39)38-23-30-50-48(32-38)56-43-14-4-2-11-37(43)22-31-51(56)58(50)41-27-29-47-45-16-6-8-19-53(45)60-55(47)34-41;1-5-15-39(16-6-1)42-25-30-48(31-26-42)55(47-21-11-4-12-22-47)49-32-27-43(28-33-49)44-29-34-54-52(38-44)51-23-13-14-24-53(51)56(54)50-36-45(40-17-7-2-8-18-40)35-46(37-50)41-19-9-3-10-20-41/h1-34H;1-38H. The van der Waals surface area contributed by atoms with Crippen molar-refractivity contribution in [2.75, 3.05) is 9.80 Å². The maximum absolute atomic E-state index is 2.46. The first-order valence-electron chi connectivity index (χ1n) is 39.6. The van der Waals surface area contributed by atoms with Crippen LogP contribution in [0.4, 0.5) is 34.1 Å². The summed E-state index contributed by atoms with van der Waals surface area (Å²) in [5.41, 5.74) is 25.9. The molecule has 4 heterocycles. The number of hydrogen-bond donors (Lipinski definition) is 0. The molecule has 116 heavy (non-hydrogen) atoms. The smallest absolute Gasteiger partial charge is 0.0547 e. The van der Waals surface area contributed by atoms with Gasteiger partial charge in [0.2, 0.25) is 0 Å². The van der Waals surface area contributed by atoms with E-state index in [0.29, 0.717) is 0 Å². The van der Waals surface area contributed by atoms with Crippen LogP contribution in [0, 0.1) is 0 Å². The summed E-state index contributed by atoms with van der Waals surface area (Å²) < 4.78 is 10.1. The van der Waals surface area contributed by atoms with Crippen LogP contribution in [0.2, 0.25) is 0 Å². The van der Waals surface area contributed by atoms with Crippen LogP contribution in [0.1, 0.15) is 0 Å². The van der Waals surface area contributed by atoms with Gasteiger partial charge in [0.1, 0.15) is 0 Å². The van der Waals surface area contributed by atoms with Gasteiger partial charge in [0.05, 0.1) is 27.8 Å². The average molecular weight is 1510 g/mol. The van der Waals surface area contributed by atoms with Gasteiger partial charge in [0, 0.05) is 107 Å². The molecule has 0 unspecified atom stereocenters. The summed E-state index contributed by atoms with van der Waals surface area (Å²) in [5, 5.41) is 15.3. The molecule has 0 fully saturated rings. The minimum atomic E-state index is 1.11. The van der Waals surface area contributed by atoms with Gasteiger partial charge >= 0.3 is 0 Å². The normalized spacial score (nSPS) is 11.6. The quantitative estimate of drug-likeness (QED) is 0.114. The van der Waals surface area contributed by atoms with E-state index in [-0.39, 0.29) is 0 Å². The van der Waals surface area contributed by atoms with E-state index in [1.54, 1.807) is 0 Å². The zero-order valence-corrected chi connectivity index (χ0v) is 64.8. The molecule has 544 valence electrons. The van der Waals surface area contributed by atoms with Crippen LogP contribution >= 0.6 is 22.7 Å². The van der Waals surface area contributed by atoms with E-state index in [2.05, 4.69) is 456 Å². The first kappa shape index (κ1) is 68.2. The molecule has 4 nitrogen and oxygen atoms in total. The van der Waals surface area contributed by atoms with Crippen LogP contribution in [0.25, 0.3) is 173 Å². The van der Waals surface area contributed by atoms with Gasteiger partial charge in [0.25, 0.3) is 0 Å². The lowest BCUT2D eigenvalue weighted by Crippen LogP contribution is -2.10. The second kappa shape index (κ2) is 28.8. The minimum Gasteiger partial charge on any atom is -0.311 e. The minimum absolute atomic E-state index is 1.11. The monoisotopic (exact) mass is 1510 g/mol. The van der Waals surface area contributed by atoms with Crippen LogP contribution < -0.4 is 9.80 Å². The van der Waals surface area contributed by atoms with Gasteiger partial charge in [-0.3, -0.25) is 0 Å². The molecule has 23 aromatic rings.